The molecule has 18 heavy (non-hydrogen) atoms. The molecular weight excluding hydrogens is 222 g/mol. The summed E-state index contributed by atoms with van der Waals surface area (Å²) in [6, 6.07) is 4.34. The Labute approximate surface area is 110 Å². The van der Waals surface area contributed by atoms with E-state index in [1.807, 2.05) is 6.21 Å². The minimum Gasteiger partial charge on any atom is -0.496 e. The lowest BCUT2D eigenvalue weighted by atomic mass is 9.97. The van der Waals surface area contributed by atoms with E-state index >= 15 is 0 Å². The number of aliphatic imine (C=N–C) groups is 1. The van der Waals surface area contributed by atoms with E-state index in [1.165, 1.54) is 29.5 Å². The van der Waals surface area contributed by atoms with E-state index in [1.54, 1.807) is 7.11 Å². The molecular formula is C16H23NO. The van der Waals surface area contributed by atoms with Crippen molar-refractivity contribution in [3.63, 3.8) is 0 Å². The van der Waals surface area contributed by atoms with Crippen LogP contribution < -0.4 is 4.74 Å². The Morgan fingerprint density at radius 1 is 1.39 bits per heavy atom. The fourth-order valence-corrected chi connectivity index (χ4v) is 2.08. The lowest BCUT2D eigenvalue weighted by Gasteiger charge is -2.14. The van der Waals surface area contributed by atoms with Gasteiger partial charge >= 0.3 is 0 Å². The Kier molecular flexibility index (Phi) is 4.05. The van der Waals surface area contributed by atoms with Crippen LogP contribution in [0.4, 0.5) is 0 Å². The number of rotatable bonds is 5. The predicted molar refractivity (Wildman–Crippen MR) is 77.0 cm³/mol. The van der Waals surface area contributed by atoms with Crippen LogP contribution in [0.25, 0.3) is 0 Å². The van der Waals surface area contributed by atoms with Crippen molar-refractivity contribution in [1.29, 1.82) is 0 Å². The first-order chi connectivity index (χ1) is 8.61. The molecule has 2 heteroatoms. The topological polar surface area (TPSA) is 21.6 Å². The fourth-order valence-electron chi connectivity index (χ4n) is 2.08. The monoisotopic (exact) mass is 245 g/mol. The molecule has 1 aromatic rings. The molecule has 0 unspecified atom stereocenters. The first-order valence-corrected chi connectivity index (χ1v) is 6.80. The fraction of sp³-hybridized carbons (Fsp3) is 0.562. The summed E-state index contributed by atoms with van der Waals surface area (Å²) >= 11 is 0. The zero-order valence-electron chi connectivity index (χ0n) is 11.9. The number of hydrogen-bond acceptors (Lipinski definition) is 2. The molecule has 1 aliphatic rings. The quantitative estimate of drug-likeness (QED) is 0.720. The van der Waals surface area contributed by atoms with Crippen LogP contribution in [0.5, 0.6) is 5.75 Å². The van der Waals surface area contributed by atoms with Gasteiger partial charge < -0.3 is 4.74 Å². The number of aryl methyl sites for hydroxylation is 1. The van der Waals surface area contributed by atoms with Crippen LogP contribution in [0, 0.1) is 12.8 Å². The Hall–Kier alpha value is -1.31. The summed E-state index contributed by atoms with van der Waals surface area (Å²) in [5.74, 6) is 2.31. The Balaban J connectivity index is 2.22. The molecule has 1 aliphatic carbocycles. The second-order valence-electron chi connectivity index (χ2n) is 5.54. The van der Waals surface area contributed by atoms with E-state index in [2.05, 4.69) is 37.9 Å². The molecule has 0 bridgehead atoms. The summed E-state index contributed by atoms with van der Waals surface area (Å²) in [5.41, 5.74) is 3.71. The number of hydrogen-bond donors (Lipinski definition) is 0. The van der Waals surface area contributed by atoms with Crippen LogP contribution in [-0.4, -0.2) is 19.9 Å². The van der Waals surface area contributed by atoms with Gasteiger partial charge in [-0.15, -0.1) is 0 Å². The van der Waals surface area contributed by atoms with E-state index in [0.717, 1.165) is 18.2 Å². The van der Waals surface area contributed by atoms with Crippen molar-refractivity contribution in [3.8, 4) is 5.75 Å². The van der Waals surface area contributed by atoms with E-state index in [4.69, 9.17) is 4.74 Å². The minimum absolute atomic E-state index is 0.469. The highest BCUT2D eigenvalue weighted by Crippen LogP contribution is 2.30. The van der Waals surface area contributed by atoms with Crippen molar-refractivity contribution in [3.05, 3.63) is 28.8 Å². The molecule has 0 aromatic heterocycles. The zero-order valence-corrected chi connectivity index (χ0v) is 11.9. The Morgan fingerprint density at radius 3 is 2.67 bits per heavy atom. The molecule has 98 valence electrons. The summed E-state index contributed by atoms with van der Waals surface area (Å²) < 4.78 is 5.45. The standard InChI is InChI=1S/C16H23NO/c1-11(2)15-8-14(10-17-9-13-5-6-13)12(3)7-16(15)18-4/h7-8,10-11,13H,5-6,9H2,1-4H3. The lowest BCUT2D eigenvalue weighted by Crippen LogP contribution is -1.99. The second kappa shape index (κ2) is 5.55. The molecule has 2 rings (SSSR count). The second-order valence-corrected chi connectivity index (χ2v) is 5.54. The first-order valence-electron chi connectivity index (χ1n) is 6.80. The first kappa shape index (κ1) is 13.1. The van der Waals surface area contributed by atoms with Gasteiger partial charge in [-0.2, -0.15) is 0 Å². The van der Waals surface area contributed by atoms with Gasteiger partial charge in [0, 0.05) is 12.8 Å². The molecule has 0 atom stereocenters. The molecule has 0 heterocycles. The molecule has 1 saturated carbocycles. The predicted octanol–water partition coefficient (Wildman–Crippen LogP) is 3.96. The molecule has 2 nitrogen and oxygen atoms in total. The summed E-state index contributed by atoms with van der Waals surface area (Å²) in [6.45, 7) is 7.49. The maximum Gasteiger partial charge on any atom is 0.122 e. The number of nitrogens with zero attached hydrogens (tertiary/aromatic N) is 1. The van der Waals surface area contributed by atoms with E-state index in [0.29, 0.717) is 5.92 Å². The van der Waals surface area contributed by atoms with Gasteiger partial charge in [-0.25, -0.2) is 0 Å². The Bertz CT molecular complexity index is 445. The molecule has 0 spiro atoms. The molecule has 0 N–H and O–H groups in total. The average molecular weight is 245 g/mol. The SMILES string of the molecule is COc1cc(C)c(C=NCC2CC2)cc1C(C)C. The minimum atomic E-state index is 0.469. The highest BCUT2D eigenvalue weighted by Gasteiger charge is 2.19. The highest BCUT2D eigenvalue weighted by atomic mass is 16.5. The summed E-state index contributed by atoms with van der Waals surface area (Å²) in [5, 5.41) is 0. The van der Waals surface area contributed by atoms with Gasteiger partial charge in [-0.3, -0.25) is 4.99 Å². The van der Waals surface area contributed by atoms with Crippen LogP contribution >= 0.6 is 0 Å². The maximum atomic E-state index is 5.45. The Morgan fingerprint density at radius 2 is 2.11 bits per heavy atom. The zero-order chi connectivity index (χ0) is 13.1. The molecule has 0 radical (unpaired) electrons. The van der Waals surface area contributed by atoms with Crippen LogP contribution in [0.1, 0.15) is 49.3 Å². The smallest absolute Gasteiger partial charge is 0.122 e. The highest BCUT2D eigenvalue weighted by molar-refractivity contribution is 5.82. The van der Waals surface area contributed by atoms with Crippen molar-refractivity contribution in [2.45, 2.75) is 39.5 Å². The normalized spacial score (nSPS) is 15.6. The van der Waals surface area contributed by atoms with Gasteiger partial charge in [0.25, 0.3) is 0 Å². The third-order valence-electron chi connectivity index (χ3n) is 3.53. The molecule has 1 aromatic carbocycles. The molecule has 0 saturated heterocycles. The van der Waals surface area contributed by atoms with E-state index in [9.17, 15) is 0 Å². The van der Waals surface area contributed by atoms with Gasteiger partial charge in [-0.05, 0) is 60.4 Å². The third-order valence-corrected chi connectivity index (χ3v) is 3.53. The van der Waals surface area contributed by atoms with Crippen molar-refractivity contribution < 1.29 is 4.74 Å². The van der Waals surface area contributed by atoms with Gasteiger partial charge in [0.2, 0.25) is 0 Å². The maximum absolute atomic E-state index is 5.45. The summed E-state index contributed by atoms with van der Waals surface area (Å²) in [7, 11) is 1.74. The molecule has 0 aliphatic heterocycles. The number of ether oxygens (including phenoxy) is 1. The third kappa shape index (κ3) is 3.12. The van der Waals surface area contributed by atoms with Crippen molar-refractivity contribution in [1.82, 2.24) is 0 Å². The number of benzene rings is 1. The van der Waals surface area contributed by atoms with E-state index in [-0.39, 0.29) is 0 Å². The lowest BCUT2D eigenvalue weighted by molar-refractivity contribution is 0.407. The van der Waals surface area contributed by atoms with Crippen molar-refractivity contribution >= 4 is 6.21 Å². The van der Waals surface area contributed by atoms with Crippen LogP contribution in [0.15, 0.2) is 17.1 Å². The summed E-state index contributed by atoms with van der Waals surface area (Å²) in [4.78, 5) is 4.55. The number of methoxy groups -OCH3 is 1. The van der Waals surface area contributed by atoms with Gasteiger partial charge in [0.05, 0.1) is 7.11 Å². The largest absolute Gasteiger partial charge is 0.496 e. The summed E-state index contributed by atoms with van der Waals surface area (Å²) in [6.07, 6.45) is 4.74. The van der Waals surface area contributed by atoms with Crippen molar-refractivity contribution in [2.75, 3.05) is 13.7 Å². The van der Waals surface area contributed by atoms with E-state index < -0.39 is 0 Å². The van der Waals surface area contributed by atoms with Gasteiger partial charge in [-0.1, -0.05) is 13.8 Å². The van der Waals surface area contributed by atoms with Gasteiger partial charge in [0.1, 0.15) is 5.75 Å². The van der Waals surface area contributed by atoms with Crippen LogP contribution in [0.2, 0.25) is 0 Å². The average Bonchev–Trinajstić information content (AvgIpc) is 3.14. The van der Waals surface area contributed by atoms with Crippen molar-refractivity contribution in [2.24, 2.45) is 10.9 Å². The van der Waals surface area contributed by atoms with Gasteiger partial charge in [0.15, 0.2) is 0 Å². The molecule has 0 amide bonds. The molecule has 1 fully saturated rings. The van der Waals surface area contributed by atoms with Crippen LogP contribution in [-0.2, 0) is 0 Å². The van der Waals surface area contributed by atoms with Crippen LogP contribution in [0.3, 0.4) is 0 Å².